The summed E-state index contributed by atoms with van der Waals surface area (Å²) < 4.78 is 5.74. The summed E-state index contributed by atoms with van der Waals surface area (Å²) in [7, 11) is 0. The molecule has 2 aromatic rings. The minimum atomic E-state index is 0.871. The van der Waals surface area contributed by atoms with E-state index in [4.69, 9.17) is 4.74 Å². The molecule has 1 saturated carbocycles. The molecule has 92 valence electrons. The number of benzene rings is 2. The SMILES string of the molecule is c1ccc(Oc2ccc(NCC3CC3)cc2)cc1. The van der Waals surface area contributed by atoms with Crippen LogP contribution in [0.4, 0.5) is 5.69 Å². The second kappa shape index (κ2) is 5.13. The number of rotatable bonds is 5. The molecule has 0 amide bonds. The van der Waals surface area contributed by atoms with Crippen molar-refractivity contribution < 1.29 is 4.74 Å². The normalized spacial score (nSPS) is 14.2. The Kier molecular flexibility index (Phi) is 3.18. The monoisotopic (exact) mass is 239 g/mol. The average molecular weight is 239 g/mol. The summed E-state index contributed by atoms with van der Waals surface area (Å²) in [5.74, 6) is 2.64. The molecule has 1 aliphatic carbocycles. The van der Waals surface area contributed by atoms with E-state index in [0.29, 0.717) is 0 Å². The fraction of sp³-hybridized carbons (Fsp3) is 0.250. The Morgan fingerprint density at radius 1 is 0.889 bits per heavy atom. The van der Waals surface area contributed by atoms with Gasteiger partial charge >= 0.3 is 0 Å². The first-order chi connectivity index (χ1) is 8.90. The lowest BCUT2D eigenvalue weighted by atomic mass is 10.3. The topological polar surface area (TPSA) is 21.3 Å². The lowest BCUT2D eigenvalue weighted by Gasteiger charge is -2.08. The molecule has 1 aliphatic rings. The predicted molar refractivity (Wildman–Crippen MR) is 74.2 cm³/mol. The lowest BCUT2D eigenvalue weighted by Crippen LogP contribution is -2.02. The Morgan fingerprint density at radius 2 is 1.56 bits per heavy atom. The van der Waals surface area contributed by atoms with Crippen LogP contribution in [0.1, 0.15) is 12.8 Å². The standard InChI is InChI=1S/C16H17NO/c1-2-4-15(5-3-1)18-16-10-8-14(9-11-16)17-12-13-6-7-13/h1-5,8-11,13,17H,6-7,12H2. The van der Waals surface area contributed by atoms with Gasteiger partial charge in [-0.25, -0.2) is 0 Å². The zero-order valence-corrected chi connectivity index (χ0v) is 10.3. The van der Waals surface area contributed by atoms with Crippen LogP contribution < -0.4 is 10.1 Å². The van der Waals surface area contributed by atoms with Gasteiger partial charge in [-0.15, -0.1) is 0 Å². The number of hydrogen-bond donors (Lipinski definition) is 1. The minimum absolute atomic E-state index is 0.871. The van der Waals surface area contributed by atoms with Gasteiger partial charge in [0.1, 0.15) is 11.5 Å². The van der Waals surface area contributed by atoms with Crippen LogP contribution in [0.15, 0.2) is 54.6 Å². The van der Waals surface area contributed by atoms with Crippen LogP contribution in [0.5, 0.6) is 11.5 Å². The van der Waals surface area contributed by atoms with Gasteiger partial charge in [0, 0.05) is 12.2 Å². The van der Waals surface area contributed by atoms with Crippen molar-refractivity contribution in [2.45, 2.75) is 12.8 Å². The van der Waals surface area contributed by atoms with Gasteiger partial charge in [0.05, 0.1) is 0 Å². The molecule has 2 aromatic carbocycles. The summed E-state index contributed by atoms with van der Waals surface area (Å²) in [6, 6.07) is 18.0. The molecule has 0 aliphatic heterocycles. The molecule has 0 heterocycles. The smallest absolute Gasteiger partial charge is 0.127 e. The van der Waals surface area contributed by atoms with Crippen molar-refractivity contribution >= 4 is 5.69 Å². The Labute approximate surface area is 108 Å². The molecule has 18 heavy (non-hydrogen) atoms. The van der Waals surface area contributed by atoms with Gasteiger partial charge in [0.15, 0.2) is 0 Å². The third-order valence-electron chi connectivity index (χ3n) is 3.13. The fourth-order valence-corrected chi connectivity index (χ4v) is 1.85. The third-order valence-corrected chi connectivity index (χ3v) is 3.13. The number of hydrogen-bond acceptors (Lipinski definition) is 2. The highest BCUT2D eigenvalue weighted by atomic mass is 16.5. The Bertz CT molecular complexity index is 488. The lowest BCUT2D eigenvalue weighted by molar-refractivity contribution is 0.483. The van der Waals surface area contributed by atoms with Gasteiger partial charge in [0.25, 0.3) is 0 Å². The molecule has 1 N–H and O–H groups in total. The average Bonchev–Trinajstić information content (AvgIpc) is 3.23. The molecule has 1 fully saturated rings. The fourth-order valence-electron chi connectivity index (χ4n) is 1.85. The molecule has 0 aromatic heterocycles. The van der Waals surface area contributed by atoms with Gasteiger partial charge in [-0.05, 0) is 55.2 Å². The first kappa shape index (κ1) is 11.1. The molecular formula is C16H17NO. The van der Waals surface area contributed by atoms with Crippen molar-refractivity contribution in [1.82, 2.24) is 0 Å². The first-order valence-corrected chi connectivity index (χ1v) is 6.47. The van der Waals surface area contributed by atoms with Crippen molar-refractivity contribution in [3.63, 3.8) is 0 Å². The van der Waals surface area contributed by atoms with Crippen LogP contribution in [-0.4, -0.2) is 6.54 Å². The van der Waals surface area contributed by atoms with Crippen molar-refractivity contribution in [3.05, 3.63) is 54.6 Å². The van der Waals surface area contributed by atoms with E-state index in [9.17, 15) is 0 Å². The molecule has 0 unspecified atom stereocenters. The second-order valence-corrected chi connectivity index (χ2v) is 4.76. The zero-order chi connectivity index (χ0) is 12.2. The number of para-hydroxylation sites is 1. The van der Waals surface area contributed by atoms with Gasteiger partial charge in [-0.1, -0.05) is 18.2 Å². The van der Waals surface area contributed by atoms with E-state index >= 15 is 0 Å². The van der Waals surface area contributed by atoms with Crippen molar-refractivity contribution in [3.8, 4) is 11.5 Å². The number of ether oxygens (including phenoxy) is 1. The number of anilines is 1. The minimum Gasteiger partial charge on any atom is -0.457 e. The highest BCUT2D eigenvalue weighted by Crippen LogP contribution is 2.29. The quantitative estimate of drug-likeness (QED) is 0.839. The largest absolute Gasteiger partial charge is 0.457 e. The zero-order valence-electron chi connectivity index (χ0n) is 10.3. The summed E-state index contributed by atoms with van der Waals surface area (Å²) >= 11 is 0. The van der Waals surface area contributed by atoms with Crippen molar-refractivity contribution in [2.24, 2.45) is 5.92 Å². The predicted octanol–water partition coefficient (Wildman–Crippen LogP) is 4.30. The van der Waals surface area contributed by atoms with Gasteiger partial charge in [-0.3, -0.25) is 0 Å². The molecule has 3 rings (SSSR count). The van der Waals surface area contributed by atoms with Crippen LogP contribution >= 0.6 is 0 Å². The van der Waals surface area contributed by atoms with E-state index in [1.54, 1.807) is 0 Å². The summed E-state index contributed by atoms with van der Waals surface area (Å²) in [4.78, 5) is 0. The number of nitrogens with one attached hydrogen (secondary N) is 1. The summed E-state index contributed by atoms with van der Waals surface area (Å²) in [6.45, 7) is 1.10. The highest BCUT2D eigenvalue weighted by molar-refractivity contribution is 5.47. The van der Waals surface area contributed by atoms with E-state index in [2.05, 4.69) is 17.4 Å². The molecule has 0 saturated heterocycles. The van der Waals surface area contributed by atoms with Crippen LogP contribution in [0.25, 0.3) is 0 Å². The van der Waals surface area contributed by atoms with E-state index in [1.165, 1.54) is 18.5 Å². The molecular weight excluding hydrogens is 222 g/mol. The Hall–Kier alpha value is -1.96. The van der Waals surface area contributed by atoms with Crippen molar-refractivity contribution in [2.75, 3.05) is 11.9 Å². The highest BCUT2D eigenvalue weighted by Gasteiger charge is 2.20. The van der Waals surface area contributed by atoms with Crippen LogP contribution in [0.2, 0.25) is 0 Å². The molecule has 2 nitrogen and oxygen atoms in total. The maximum atomic E-state index is 5.74. The summed E-state index contributed by atoms with van der Waals surface area (Å²) in [5, 5.41) is 3.44. The van der Waals surface area contributed by atoms with E-state index < -0.39 is 0 Å². The molecule has 0 atom stereocenters. The Balaban J connectivity index is 1.59. The molecule has 0 spiro atoms. The van der Waals surface area contributed by atoms with E-state index in [0.717, 1.165) is 24.0 Å². The van der Waals surface area contributed by atoms with Crippen LogP contribution in [0, 0.1) is 5.92 Å². The maximum Gasteiger partial charge on any atom is 0.127 e. The molecule has 2 heteroatoms. The Morgan fingerprint density at radius 3 is 2.22 bits per heavy atom. The molecule has 0 radical (unpaired) electrons. The summed E-state index contributed by atoms with van der Waals surface area (Å²) in [6.07, 6.45) is 2.75. The first-order valence-electron chi connectivity index (χ1n) is 6.47. The second-order valence-electron chi connectivity index (χ2n) is 4.76. The van der Waals surface area contributed by atoms with Crippen molar-refractivity contribution in [1.29, 1.82) is 0 Å². The van der Waals surface area contributed by atoms with E-state index in [-0.39, 0.29) is 0 Å². The van der Waals surface area contributed by atoms with Crippen LogP contribution in [-0.2, 0) is 0 Å². The molecule has 0 bridgehead atoms. The van der Waals surface area contributed by atoms with Gasteiger partial charge in [-0.2, -0.15) is 0 Å². The maximum absolute atomic E-state index is 5.74. The summed E-state index contributed by atoms with van der Waals surface area (Å²) in [5.41, 5.74) is 1.17. The third kappa shape index (κ3) is 3.04. The van der Waals surface area contributed by atoms with Gasteiger partial charge < -0.3 is 10.1 Å². The van der Waals surface area contributed by atoms with Gasteiger partial charge in [0.2, 0.25) is 0 Å². The van der Waals surface area contributed by atoms with Crippen LogP contribution in [0.3, 0.4) is 0 Å². The van der Waals surface area contributed by atoms with E-state index in [1.807, 2.05) is 42.5 Å².